The van der Waals surface area contributed by atoms with Gasteiger partial charge in [-0.2, -0.15) is 0 Å². The largest absolute Gasteiger partial charge is 0.353 e. The van der Waals surface area contributed by atoms with E-state index < -0.39 is 0 Å². The van der Waals surface area contributed by atoms with Crippen LogP contribution in [0.3, 0.4) is 0 Å². The molecule has 1 amide bonds. The predicted octanol–water partition coefficient (Wildman–Crippen LogP) is 3.01. The number of hydrogen-bond acceptors (Lipinski definition) is 5. The Balaban J connectivity index is 2.04. The van der Waals surface area contributed by atoms with Gasteiger partial charge in [0.15, 0.2) is 0 Å². The maximum atomic E-state index is 12.3. The van der Waals surface area contributed by atoms with Crippen molar-refractivity contribution in [1.82, 2.24) is 14.9 Å². The summed E-state index contributed by atoms with van der Waals surface area (Å²) in [5, 5.41) is 6.63. The third kappa shape index (κ3) is 5.35. The number of carbonyl (C=O) groups excluding carboxylic acids is 1. The number of anilines is 2. The number of nitrogens with one attached hydrogen (secondary N) is 2. The number of likely N-dealkylation sites (N-methyl/N-ethyl adjacent to an activating group) is 1. The molecule has 6 nitrogen and oxygen atoms in total. The third-order valence-corrected chi connectivity index (χ3v) is 3.46. The van der Waals surface area contributed by atoms with Crippen molar-refractivity contribution in [2.45, 2.75) is 0 Å². The van der Waals surface area contributed by atoms with E-state index in [0.717, 1.165) is 6.54 Å². The average Bonchev–Trinajstić information content (AvgIpc) is 2.50. The molecule has 2 rings (SSSR count). The molecular weight excluding hydrogens is 337 g/mol. The number of halogens is 2. The van der Waals surface area contributed by atoms with E-state index in [2.05, 4.69) is 20.6 Å². The molecule has 0 unspecified atom stereocenters. The minimum atomic E-state index is -0.368. The molecule has 0 bridgehead atoms. The SMILES string of the molecule is CN(C)CCNc1nccc(C(=O)Nc2ccc(Cl)cc2Cl)n1. The zero-order valence-electron chi connectivity index (χ0n) is 12.8. The van der Waals surface area contributed by atoms with Crippen LogP contribution in [0.2, 0.25) is 10.0 Å². The number of carbonyl (C=O) groups is 1. The molecule has 0 saturated heterocycles. The number of benzene rings is 1. The van der Waals surface area contributed by atoms with Crippen molar-refractivity contribution < 1.29 is 4.79 Å². The summed E-state index contributed by atoms with van der Waals surface area (Å²) in [6.45, 7) is 1.52. The lowest BCUT2D eigenvalue weighted by Gasteiger charge is -2.11. The van der Waals surface area contributed by atoms with Crippen molar-refractivity contribution >= 4 is 40.7 Å². The van der Waals surface area contributed by atoms with Gasteiger partial charge in [0.25, 0.3) is 5.91 Å². The lowest BCUT2D eigenvalue weighted by molar-refractivity contribution is 0.102. The van der Waals surface area contributed by atoms with Crippen molar-refractivity contribution in [2.24, 2.45) is 0 Å². The second kappa shape index (κ2) is 8.10. The normalized spacial score (nSPS) is 10.7. The standard InChI is InChI=1S/C15H17Cl2N5O/c1-22(2)8-7-19-15-18-6-5-13(21-15)14(23)20-12-4-3-10(16)9-11(12)17/h3-6,9H,7-8H2,1-2H3,(H,20,23)(H,18,19,21). The molecule has 0 saturated carbocycles. The number of rotatable bonds is 6. The Kier molecular flexibility index (Phi) is 6.15. The van der Waals surface area contributed by atoms with Crippen molar-refractivity contribution in [1.29, 1.82) is 0 Å². The van der Waals surface area contributed by atoms with Gasteiger partial charge in [-0.05, 0) is 38.4 Å². The first-order chi connectivity index (χ1) is 11.0. The maximum Gasteiger partial charge on any atom is 0.274 e. The second-order valence-electron chi connectivity index (χ2n) is 5.07. The molecule has 8 heteroatoms. The summed E-state index contributed by atoms with van der Waals surface area (Å²) in [7, 11) is 3.95. The highest BCUT2D eigenvalue weighted by Gasteiger charge is 2.11. The monoisotopic (exact) mass is 353 g/mol. The van der Waals surface area contributed by atoms with Gasteiger partial charge in [0, 0.05) is 24.3 Å². The smallest absolute Gasteiger partial charge is 0.274 e. The predicted molar refractivity (Wildman–Crippen MR) is 93.5 cm³/mol. The van der Waals surface area contributed by atoms with Crippen LogP contribution in [0.15, 0.2) is 30.5 Å². The molecule has 2 aromatic rings. The van der Waals surface area contributed by atoms with Crippen LogP contribution in [0.4, 0.5) is 11.6 Å². The third-order valence-electron chi connectivity index (χ3n) is 2.91. The summed E-state index contributed by atoms with van der Waals surface area (Å²) in [5.41, 5.74) is 0.722. The van der Waals surface area contributed by atoms with Crippen LogP contribution in [-0.2, 0) is 0 Å². The van der Waals surface area contributed by atoms with E-state index in [1.165, 1.54) is 12.3 Å². The lowest BCUT2D eigenvalue weighted by atomic mass is 10.3. The van der Waals surface area contributed by atoms with Gasteiger partial charge in [-0.1, -0.05) is 23.2 Å². The minimum Gasteiger partial charge on any atom is -0.353 e. The molecule has 0 aliphatic carbocycles. The fourth-order valence-electron chi connectivity index (χ4n) is 1.74. The zero-order valence-corrected chi connectivity index (χ0v) is 14.3. The Morgan fingerprint density at radius 3 is 2.74 bits per heavy atom. The summed E-state index contributed by atoms with van der Waals surface area (Å²) in [4.78, 5) is 22.6. The van der Waals surface area contributed by atoms with Crippen LogP contribution in [0.5, 0.6) is 0 Å². The van der Waals surface area contributed by atoms with E-state index in [4.69, 9.17) is 23.2 Å². The van der Waals surface area contributed by atoms with Crippen molar-refractivity contribution in [2.75, 3.05) is 37.8 Å². The number of nitrogens with zero attached hydrogens (tertiary/aromatic N) is 3. The summed E-state index contributed by atoms with van der Waals surface area (Å²) >= 11 is 11.9. The lowest BCUT2D eigenvalue weighted by Crippen LogP contribution is -2.22. The minimum absolute atomic E-state index is 0.248. The molecule has 2 N–H and O–H groups in total. The Morgan fingerprint density at radius 1 is 1.26 bits per heavy atom. The highest BCUT2D eigenvalue weighted by molar-refractivity contribution is 6.36. The van der Waals surface area contributed by atoms with Gasteiger partial charge in [0.05, 0.1) is 10.7 Å². The summed E-state index contributed by atoms with van der Waals surface area (Å²) in [6.07, 6.45) is 1.53. The number of amides is 1. The Bertz CT molecular complexity index is 693. The van der Waals surface area contributed by atoms with Gasteiger partial charge in [-0.15, -0.1) is 0 Å². The Labute approximate surface area is 144 Å². The van der Waals surface area contributed by atoms with Crippen LogP contribution in [-0.4, -0.2) is 48.0 Å². The molecule has 1 aromatic heterocycles. The molecule has 0 spiro atoms. The fraction of sp³-hybridized carbons (Fsp3) is 0.267. The van der Waals surface area contributed by atoms with Gasteiger partial charge in [-0.3, -0.25) is 4.79 Å². The van der Waals surface area contributed by atoms with Crippen LogP contribution < -0.4 is 10.6 Å². The molecule has 0 aliphatic rings. The summed E-state index contributed by atoms with van der Waals surface area (Å²) in [5.74, 6) is 0.0361. The first-order valence-electron chi connectivity index (χ1n) is 6.94. The Morgan fingerprint density at radius 2 is 2.04 bits per heavy atom. The molecule has 122 valence electrons. The van der Waals surface area contributed by atoms with E-state index in [9.17, 15) is 4.79 Å². The topological polar surface area (TPSA) is 70.2 Å². The first kappa shape index (κ1) is 17.5. The molecule has 1 heterocycles. The molecule has 1 aromatic carbocycles. The average molecular weight is 354 g/mol. The van der Waals surface area contributed by atoms with Crippen molar-refractivity contribution in [3.63, 3.8) is 0 Å². The van der Waals surface area contributed by atoms with Gasteiger partial charge >= 0.3 is 0 Å². The molecule has 0 atom stereocenters. The van der Waals surface area contributed by atoms with Crippen molar-refractivity contribution in [3.8, 4) is 0 Å². The van der Waals surface area contributed by atoms with Gasteiger partial charge in [-0.25, -0.2) is 9.97 Å². The highest BCUT2D eigenvalue weighted by atomic mass is 35.5. The maximum absolute atomic E-state index is 12.3. The first-order valence-corrected chi connectivity index (χ1v) is 7.69. The van der Waals surface area contributed by atoms with Gasteiger partial charge < -0.3 is 15.5 Å². The van der Waals surface area contributed by atoms with E-state index in [0.29, 0.717) is 28.2 Å². The highest BCUT2D eigenvalue weighted by Crippen LogP contribution is 2.25. The van der Waals surface area contributed by atoms with Crippen LogP contribution in [0, 0.1) is 0 Å². The van der Waals surface area contributed by atoms with Crippen LogP contribution >= 0.6 is 23.2 Å². The molecular formula is C15H17Cl2N5O. The Hall–Kier alpha value is -1.89. The molecule has 0 fully saturated rings. The van der Waals surface area contributed by atoms with E-state index in [-0.39, 0.29) is 11.6 Å². The van der Waals surface area contributed by atoms with Gasteiger partial charge in [0.1, 0.15) is 5.69 Å². The summed E-state index contributed by atoms with van der Waals surface area (Å²) in [6, 6.07) is 6.39. The number of aromatic nitrogens is 2. The van der Waals surface area contributed by atoms with E-state index in [1.807, 2.05) is 19.0 Å². The van der Waals surface area contributed by atoms with E-state index >= 15 is 0 Å². The van der Waals surface area contributed by atoms with Crippen LogP contribution in [0.25, 0.3) is 0 Å². The molecule has 23 heavy (non-hydrogen) atoms. The molecule has 0 radical (unpaired) electrons. The number of hydrogen-bond donors (Lipinski definition) is 2. The van der Waals surface area contributed by atoms with Crippen LogP contribution in [0.1, 0.15) is 10.5 Å². The van der Waals surface area contributed by atoms with Crippen molar-refractivity contribution in [3.05, 3.63) is 46.2 Å². The fourth-order valence-corrected chi connectivity index (χ4v) is 2.19. The quantitative estimate of drug-likeness (QED) is 0.835. The second-order valence-corrected chi connectivity index (χ2v) is 5.92. The van der Waals surface area contributed by atoms with Gasteiger partial charge in [0.2, 0.25) is 5.95 Å². The summed E-state index contributed by atoms with van der Waals surface area (Å²) < 4.78 is 0. The zero-order chi connectivity index (χ0) is 16.8. The van der Waals surface area contributed by atoms with E-state index in [1.54, 1.807) is 18.2 Å². The molecule has 0 aliphatic heterocycles.